The molecule has 1 amide bonds. The lowest BCUT2D eigenvalue weighted by molar-refractivity contribution is -0.119. The monoisotopic (exact) mass is 242 g/mol. The topological polar surface area (TPSA) is 80.9 Å². The smallest absolute Gasteiger partial charge is 0.242 e. The van der Waals surface area contributed by atoms with E-state index >= 15 is 0 Å². The molecule has 1 atom stereocenters. The predicted octanol–water partition coefficient (Wildman–Crippen LogP) is 1.44. The zero-order chi connectivity index (χ0) is 12.3. The van der Waals surface area contributed by atoms with E-state index in [2.05, 4.69) is 15.3 Å². The first-order valence-electron chi connectivity index (χ1n) is 4.84. The van der Waals surface area contributed by atoms with Crippen LogP contribution in [0.2, 0.25) is 5.15 Å². The summed E-state index contributed by atoms with van der Waals surface area (Å²) in [7, 11) is 0. The van der Waals surface area contributed by atoms with Gasteiger partial charge in [0.25, 0.3) is 0 Å². The van der Waals surface area contributed by atoms with E-state index in [4.69, 9.17) is 17.3 Å². The molecule has 0 aliphatic carbocycles. The lowest BCUT2D eigenvalue weighted by Gasteiger charge is -2.25. The number of hydrogen-bond acceptors (Lipinski definition) is 4. The second-order valence-corrected chi connectivity index (χ2v) is 4.95. The number of halogens is 1. The Labute approximate surface area is 99.4 Å². The van der Waals surface area contributed by atoms with Crippen molar-refractivity contribution in [2.24, 2.45) is 11.1 Å². The third-order valence-corrected chi connectivity index (χ3v) is 2.31. The molecule has 0 bridgehead atoms. The Balaban J connectivity index is 2.72. The second kappa shape index (κ2) is 4.76. The van der Waals surface area contributed by atoms with Crippen molar-refractivity contribution in [2.75, 3.05) is 5.32 Å². The van der Waals surface area contributed by atoms with Gasteiger partial charge in [0.2, 0.25) is 5.91 Å². The van der Waals surface area contributed by atoms with Crippen LogP contribution in [-0.2, 0) is 4.79 Å². The van der Waals surface area contributed by atoms with Crippen LogP contribution in [0.4, 0.5) is 5.82 Å². The van der Waals surface area contributed by atoms with Gasteiger partial charge in [-0.3, -0.25) is 4.79 Å². The summed E-state index contributed by atoms with van der Waals surface area (Å²) in [6, 6.07) is 0.857. The van der Waals surface area contributed by atoms with E-state index in [-0.39, 0.29) is 16.5 Å². The van der Waals surface area contributed by atoms with Crippen molar-refractivity contribution in [2.45, 2.75) is 26.8 Å². The van der Waals surface area contributed by atoms with Crippen molar-refractivity contribution in [3.8, 4) is 0 Å². The first kappa shape index (κ1) is 12.9. The highest BCUT2D eigenvalue weighted by Crippen LogP contribution is 2.18. The van der Waals surface area contributed by atoms with Gasteiger partial charge in [0.15, 0.2) is 0 Å². The zero-order valence-electron chi connectivity index (χ0n) is 9.49. The fourth-order valence-corrected chi connectivity index (χ4v) is 1.15. The molecular formula is C10H15ClN4O. The van der Waals surface area contributed by atoms with Crippen LogP contribution in [0.1, 0.15) is 20.8 Å². The molecule has 0 aliphatic rings. The Kier molecular flexibility index (Phi) is 3.83. The molecule has 0 radical (unpaired) electrons. The van der Waals surface area contributed by atoms with E-state index in [9.17, 15) is 4.79 Å². The Bertz CT molecular complexity index is 389. The fourth-order valence-electron chi connectivity index (χ4n) is 0.999. The maximum absolute atomic E-state index is 11.7. The van der Waals surface area contributed by atoms with Gasteiger partial charge in [-0.05, 0) is 5.41 Å². The van der Waals surface area contributed by atoms with E-state index in [1.807, 2.05) is 20.8 Å². The Morgan fingerprint density at radius 3 is 2.62 bits per heavy atom. The molecule has 0 fully saturated rings. The fraction of sp³-hybridized carbons (Fsp3) is 0.500. The zero-order valence-corrected chi connectivity index (χ0v) is 10.2. The minimum Gasteiger partial charge on any atom is -0.319 e. The van der Waals surface area contributed by atoms with Gasteiger partial charge in [-0.25, -0.2) is 9.97 Å². The number of rotatable bonds is 2. The number of hydrogen-bond donors (Lipinski definition) is 2. The number of nitrogens with zero attached hydrogens (tertiary/aromatic N) is 2. The summed E-state index contributed by atoms with van der Waals surface area (Å²) in [5, 5.41) is 2.86. The summed E-state index contributed by atoms with van der Waals surface area (Å²) in [5.74, 6) is 0.0620. The van der Waals surface area contributed by atoms with E-state index in [0.29, 0.717) is 5.82 Å². The Hall–Kier alpha value is -1.20. The summed E-state index contributed by atoms with van der Waals surface area (Å²) >= 11 is 5.66. The lowest BCUT2D eigenvalue weighted by Crippen LogP contribution is -2.45. The highest BCUT2D eigenvalue weighted by atomic mass is 35.5. The maximum Gasteiger partial charge on any atom is 0.242 e. The maximum atomic E-state index is 11.7. The summed E-state index contributed by atoms with van der Waals surface area (Å²) < 4.78 is 0. The predicted molar refractivity (Wildman–Crippen MR) is 63.1 cm³/mol. The van der Waals surface area contributed by atoms with Crippen LogP contribution in [0.25, 0.3) is 0 Å². The number of anilines is 1. The van der Waals surface area contributed by atoms with Gasteiger partial charge in [-0.1, -0.05) is 32.4 Å². The second-order valence-electron chi connectivity index (χ2n) is 4.56. The molecule has 5 nitrogen and oxygen atoms in total. The first-order valence-corrected chi connectivity index (χ1v) is 5.22. The highest BCUT2D eigenvalue weighted by molar-refractivity contribution is 6.29. The van der Waals surface area contributed by atoms with Gasteiger partial charge in [-0.2, -0.15) is 0 Å². The number of amides is 1. The summed E-state index contributed by atoms with van der Waals surface area (Å²) in [6.07, 6.45) is 1.28. The lowest BCUT2D eigenvalue weighted by atomic mass is 9.87. The Morgan fingerprint density at radius 2 is 2.12 bits per heavy atom. The summed E-state index contributed by atoms with van der Waals surface area (Å²) in [4.78, 5) is 19.3. The van der Waals surface area contributed by atoms with Crippen LogP contribution in [0.5, 0.6) is 0 Å². The van der Waals surface area contributed by atoms with Gasteiger partial charge in [-0.15, -0.1) is 0 Å². The van der Waals surface area contributed by atoms with Crippen molar-refractivity contribution < 1.29 is 4.79 Å². The SMILES string of the molecule is CC(C)(C)[C@@H](N)C(=O)Nc1cc(Cl)ncn1. The molecule has 1 aromatic heterocycles. The van der Waals surface area contributed by atoms with Crippen molar-refractivity contribution in [1.82, 2.24) is 9.97 Å². The molecule has 16 heavy (non-hydrogen) atoms. The number of carbonyl (C=O) groups is 1. The van der Waals surface area contributed by atoms with E-state index < -0.39 is 6.04 Å². The highest BCUT2D eigenvalue weighted by Gasteiger charge is 2.27. The number of nitrogens with two attached hydrogens (primary N) is 1. The van der Waals surface area contributed by atoms with Gasteiger partial charge in [0.05, 0.1) is 6.04 Å². The third kappa shape index (κ3) is 3.43. The largest absolute Gasteiger partial charge is 0.319 e. The van der Waals surface area contributed by atoms with Crippen molar-refractivity contribution >= 4 is 23.3 Å². The van der Waals surface area contributed by atoms with Crippen LogP contribution in [0, 0.1) is 5.41 Å². The van der Waals surface area contributed by atoms with Gasteiger partial charge >= 0.3 is 0 Å². The van der Waals surface area contributed by atoms with Gasteiger partial charge in [0.1, 0.15) is 17.3 Å². The number of nitrogens with one attached hydrogen (secondary N) is 1. The molecule has 3 N–H and O–H groups in total. The average molecular weight is 243 g/mol. The minimum absolute atomic E-state index is 0.273. The third-order valence-electron chi connectivity index (χ3n) is 2.10. The standard InChI is InChI=1S/C10H15ClN4O/c1-10(2,3)8(12)9(16)15-7-4-6(11)13-5-14-7/h4-5,8H,12H2,1-3H3,(H,13,14,15,16)/t8-/m0/s1. The molecule has 1 aromatic rings. The molecular weight excluding hydrogens is 228 g/mol. The molecule has 0 saturated carbocycles. The number of carbonyl (C=O) groups excluding carboxylic acids is 1. The van der Waals surface area contributed by atoms with E-state index in [1.165, 1.54) is 12.4 Å². The van der Waals surface area contributed by atoms with Crippen LogP contribution < -0.4 is 11.1 Å². The van der Waals surface area contributed by atoms with Crippen LogP contribution in [0.15, 0.2) is 12.4 Å². The van der Waals surface area contributed by atoms with Crippen LogP contribution in [-0.4, -0.2) is 21.9 Å². The van der Waals surface area contributed by atoms with Crippen molar-refractivity contribution in [1.29, 1.82) is 0 Å². The number of aromatic nitrogens is 2. The quantitative estimate of drug-likeness (QED) is 0.769. The molecule has 0 unspecified atom stereocenters. The first-order chi connectivity index (χ1) is 7.30. The van der Waals surface area contributed by atoms with Gasteiger partial charge < -0.3 is 11.1 Å². The van der Waals surface area contributed by atoms with Gasteiger partial charge in [0, 0.05) is 6.07 Å². The normalized spacial score (nSPS) is 13.3. The van der Waals surface area contributed by atoms with Crippen LogP contribution in [0.3, 0.4) is 0 Å². The molecule has 1 rings (SSSR count). The minimum atomic E-state index is -0.610. The van der Waals surface area contributed by atoms with E-state index in [0.717, 1.165) is 0 Å². The van der Waals surface area contributed by atoms with Crippen molar-refractivity contribution in [3.63, 3.8) is 0 Å². The average Bonchev–Trinajstić information content (AvgIpc) is 2.15. The van der Waals surface area contributed by atoms with E-state index in [1.54, 1.807) is 0 Å². The van der Waals surface area contributed by atoms with Crippen LogP contribution >= 0.6 is 11.6 Å². The summed E-state index contributed by atoms with van der Waals surface area (Å²) in [6.45, 7) is 5.68. The molecule has 6 heteroatoms. The molecule has 88 valence electrons. The summed E-state index contributed by atoms with van der Waals surface area (Å²) in [5.41, 5.74) is 5.49. The molecule has 1 heterocycles. The molecule has 0 saturated heterocycles. The molecule has 0 spiro atoms. The Morgan fingerprint density at radius 1 is 1.50 bits per heavy atom. The van der Waals surface area contributed by atoms with Crippen molar-refractivity contribution in [3.05, 3.63) is 17.5 Å². The molecule has 0 aliphatic heterocycles. The molecule has 0 aromatic carbocycles.